The summed E-state index contributed by atoms with van der Waals surface area (Å²) in [5.74, 6) is 0.0891. The number of thiophene rings is 1. The molecule has 8 heteroatoms. The minimum atomic E-state index is -0.443. The fraction of sp³-hybridized carbons (Fsp3) is 0.348. The van der Waals surface area contributed by atoms with Gasteiger partial charge in [0.1, 0.15) is 23.7 Å². The lowest BCUT2D eigenvalue weighted by atomic mass is 10.0. The topological polar surface area (TPSA) is 73.2 Å². The van der Waals surface area contributed by atoms with Gasteiger partial charge in [-0.2, -0.15) is 5.10 Å². The molecule has 1 amide bonds. The van der Waals surface area contributed by atoms with Gasteiger partial charge < -0.3 is 10.1 Å². The maximum atomic E-state index is 14.3. The van der Waals surface area contributed by atoms with Crippen LogP contribution in [-0.2, 0) is 11.2 Å². The number of amides is 1. The van der Waals surface area contributed by atoms with Gasteiger partial charge in [0, 0.05) is 28.1 Å². The van der Waals surface area contributed by atoms with Gasteiger partial charge in [-0.05, 0) is 58.0 Å². The first-order chi connectivity index (χ1) is 14.7. The van der Waals surface area contributed by atoms with E-state index in [4.69, 9.17) is 4.74 Å². The van der Waals surface area contributed by atoms with Crippen molar-refractivity contribution >= 4 is 23.0 Å². The van der Waals surface area contributed by atoms with Crippen molar-refractivity contribution in [3.05, 3.63) is 58.0 Å². The van der Waals surface area contributed by atoms with Crippen molar-refractivity contribution in [2.24, 2.45) is 0 Å². The number of nitrogens with one attached hydrogen (secondary N) is 1. The zero-order valence-electron chi connectivity index (χ0n) is 17.9. The number of ketones is 1. The normalized spacial score (nSPS) is 16.0. The third kappa shape index (κ3) is 4.25. The number of carbonyl (C=O) groups is 2. The van der Waals surface area contributed by atoms with Gasteiger partial charge >= 0.3 is 0 Å². The highest BCUT2D eigenvalue weighted by Gasteiger charge is 2.29. The smallest absolute Gasteiger partial charge is 0.244 e. The van der Waals surface area contributed by atoms with Gasteiger partial charge in [-0.25, -0.2) is 4.39 Å². The molecule has 0 radical (unpaired) electrons. The van der Waals surface area contributed by atoms with Gasteiger partial charge in [0.05, 0.1) is 17.1 Å². The molecule has 1 aliphatic rings. The molecule has 6 nitrogen and oxygen atoms in total. The van der Waals surface area contributed by atoms with Crippen LogP contribution in [0.25, 0.3) is 10.4 Å². The summed E-state index contributed by atoms with van der Waals surface area (Å²) in [6.07, 6.45) is 0.207. The average molecular weight is 442 g/mol. The Hall–Kier alpha value is -3.00. The lowest BCUT2D eigenvalue weighted by Gasteiger charge is -2.17. The molecule has 2 atom stereocenters. The van der Waals surface area contributed by atoms with Crippen LogP contribution < -0.4 is 10.1 Å². The Morgan fingerprint density at radius 1 is 1.32 bits per heavy atom. The van der Waals surface area contributed by atoms with E-state index in [1.165, 1.54) is 30.4 Å². The van der Waals surface area contributed by atoms with Gasteiger partial charge in [0.2, 0.25) is 5.91 Å². The molecule has 4 rings (SSSR count). The summed E-state index contributed by atoms with van der Waals surface area (Å²) in [5.41, 5.74) is 3.18. The van der Waals surface area contributed by atoms with Crippen LogP contribution in [-0.4, -0.2) is 34.1 Å². The molecule has 0 saturated heterocycles. The van der Waals surface area contributed by atoms with E-state index in [9.17, 15) is 14.0 Å². The van der Waals surface area contributed by atoms with Crippen molar-refractivity contribution in [3.63, 3.8) is 0 Å². The van der Waals surface area contributed by atoms with Crippen LogP contribution in [0.3, 0.4) is 0 Å². The van der Waals surface area contributed by atoms with Crippen LogP contribution in [0.15, 0.2) is 30.3 Å². The second-order valence-electron chi connectivity index (χ2n) is 7.90. The highest BCUT2D eigenvalue weighted by Crippen LogP contribution is 2.42. The van der Waals surface area contributed by atoms with E-state index in [1.807, 2.05) is 26.0 Å². The molecule has 3 aromatic rings. The second kappa shape index (κ2) is 8.26. The maximum absolute atomic E-state index is 14.3. The number of aryl methyl sites for hydroxylation is 2. The Balaban J connectivity index is 1.46. The van der Waals surface area contributed by atoms with Gasteiger partial charge in [0.15, 0.2) is 5.78 Å². The molecule has 0 aliphatic carbocycles. The van der Waals surface area contributed by atoms with Gasteiger partial charge in [-0.1, -0.05) is 0 Å². The second-order valence-corrected chi connectivity index (χ2v) is 8.98. The average Bonchev–Trinajstić information content (AvgIpc) is 3.42. The van der Waals surface area contributed by atoms with Crippen molar-refractivity contribution in [1.29, 1.82) is 0 Å². The summed E-state index contributed by atoms with van der Waals surface area (Å²) < 4.78 is 22.0. The predicted molar refractivity (Wildman–Crippen MR) is 117 cm³/mol. The van der Waals surface area contributed by atoms with Gasteiger partial charge in [-0.15, -0.1) is 11.3 Å². The number of rotatable bonds is 6. The quantitative estimate of drug-likeness (QED) is 0.581. The number of hydrogen-bond donors (Lipinski definition) is 1. The molecule has 0 spiro atoms. The summed E-state index contributed by atoms with van der Waals surface area (Å²) in [6, 6.07) is 7.94. The van der Waals surface area contributed by atoms with Crippen molar-refractivity contribution in [2.45, 2.75) is 46.3 Å². The number of fused-ring (bicyclic) bond motifs is 1. The summed E-state index contributed by atoms with van der Waals surface area (Å²) in [6.45, 7) is 7.42. The van der Waals surface area contributed by atoms with E-state index in [0.29, 0.717) is 29.2 Å². The number of ether oxygens (including phenoxy) is 1. The van der Waals surface area contributed by atoms with E-state index in [0.717, 1.165) is 21.8 Å². The summed E-state index contributed by atoms with van der Waals surface area (Å²) >= 11 is 1.32. The summed E-state index contributed by atoms with van der Waals surface area (Å²) in [7, 11) is 0. The first-order valence-corrected chi connectivity index (χ1v) is 10.9. The largest absolute Gasteiger partial charge is 0.487 e. The minimum Gasteiger partial charge on any atom is -0.487 e. The SMILES string of the molecule is CC(=O)c1ccc(-c2cc(F)cc3c2O[C@H](CNC(=O)[C@H](C)n2nc(C)cc2C)C3)s1. The van der Waals surface area contributed by atoms with E-state index in [2.05, 4.69) is 10.4 Å². The third-order valence-corrected chi connectivity index (χ3v) is 6.60. The summed E-state index contributed by atoms with van der Waals surface area (Å²) in [5, 5.41) is 7.30. The molecule has 1 aliphatic heterocycles. The van der Waals surface area contributed by atoms with E-state index >= 15 is 0 Å². The van der Waals surface area contributed by atoms with E-state index in [1.54, 1.807) is 17.7 Å². The van der Waals surface area contributed by atoms with Crippen molar-refractivity contribution in [2.75, 3.05) is 6.54 Å². The highest BCUT2D eigenvalue weighted by molar-refractivity contribution is 7.17. The van der Waals surface area contributed by atoms with Crippen molar-refractivity contribution < 1.29 is 18.7 Å². The van der Waals surface area contributed by atoms with Crippen LogP contribution in [0.2, 0.25) is 0 Å². The highest BCUT2D eigenvalue weighted by atomic mass is 32.1. The maximum Gasteiger partial charge on any atom is 0.244 e. The third-order valence-electron chi connectivity index (χ3n) is 5.38. The Kier molecular flexibility index (Phi) is 5.66. The van der Waals surface area contributed by atoms with Crippen molar-refractivity contribution in [3.8, 4) is 16.2 Å². The number of hydrogen-bond acceptors (Lipinski definition) is 5. The van der Waals surface area contributed by atoms with Crippen LogP contribution in [0, 0.1) is 19.7 Å². The monoisotopic (exact) mass is 441 g/mol. The minimum absolute atomic E-state index is 0.0254. The Bertz CT molecular complexity index is 1170. The number of aromatic nitrogens is 2. The molecule has 1 N–H and O–H groups in total. The fourth-order valence-corrected chi connectivity index (χ4v) is 4.79. The molecule has 2 aromatic heterocycles. The fourth-order valence-electron chi connectivity index (χ4n) is 3.87. The number of benzene rings is 1. The van der Waals surface area contributed by atoms with Crippen LogP contribution in [0.1, 0.15) is 46.5 Å². The molecule has 0 saturated carbocycles. The lowest BCUT2D eigenvalue weighted by molar-refractivity contribution is -0.124. The number of nitrogens with zero attached hydrogens (tertiary/aromatic N) is 2. The zero-order valence-corrected chi connectivity index (χ0v) is 18.7. The molecule has 162 valence electrons. The molecule has 0 fully saturated rings. The van der Waals surface area contributed by atoms with Gasteiger partial charge in [0.25, 0.3) is 0 Å². The van der Waals surface area contributed by atoms with Crippen molar-refractivity contribution in [1.82, 2.24) is 15.1 Å². The first-order valence-electron chi connectivity index (χ1n) is 10.1. The number of Topliss-reactive ketones (excluding diaryl/α,β-unsaturated/α-hetero) is 1. The van der Waals surface area contributed by atoms with Crippen LogP contribution >= 0.6 is 11.3 Å². The number of carbonyl (C=O) groups excluding carboxylic acids is 2. The molecule has 0 bridgehead atoms. The first kappa shape index (κ1) is 21.2. The molecule has 1 aromatic carbocycles. The van der Waals surface area contributed by atoms with Gasteiger partial charge in [-0.3, -0.25) is 14.3 Å². The lowest BCUT2D eigenvalue weighted by Crippen LogP contribution is -2.38. The Morgan fingerprint density at radius 2 is 2.10 bits per heavy atom. The van der Waals surface area contributed by atoms with E-state index in [-0.39, 0.29) is 23.6 Å². The Labute approximate surface area is 184 Å². The number of halogens is 1. The standard InChI is InChI=1S/C23H24FN3O3S/c1-12-7-13(2)27(26-12)14(3)23(29)25-11-18-9-16-8-17(24)10-19(22(16)30-18)21-6-5-20(31-21)15(4)28/h5-8,10,14,18H,9,11H2,1-4H3,(H,25,29)/t14-,18-/m0/s1. The molecule has 0 unspecified atom stereocenters. The predicted octanol–water partition coefficient (Wildman–Crippen LogP) is 4.25. The van der Waals surface area contributed by atoms with Crippen LogP contribution in [0.4, 0.5) is 4.39 Å². The molecular weight excluding hydrogens is 417 g/mol. The Morgan fingerprint density at radius 3 is 2.74 bits per heavy atom. The van der Waals surface area contributed by atoms with E-state index < -0.39 is 6.04 Å². The zero-order chi connectivity index (χ0) is 22.3. The summed E-state index contributed by atoms with van der Waals surface area (Å²) in [4.78, 5) is 25.7. The molecule has 3 heterocycles. The molecular formula is C23H24FN3O3S. The van der Waals surface area contributed by atoms with Crippen LogP contribution in [0.5, 0.6) is 5.75 Å². The molecule has 31 heavy (non-hydrogen) atoms.